The molecule has 1 aliphatic rings. The van der Waals surface area contributed by atoms with Crippen LogP contribution >= 0.6 is 0 Å². The number of rotatable bonds is 8. The summed E-state index contributed by atoms with van der Waals surface area (Å²) < 4.78 is 5.04. The first kappa shape index (κ1) is 24.7. The van der Waals surface area contributed by atoms with Crippen molar-refractivity contribution in [3.63, 3.8) is 0 Å². The molecule has 0 aliphatic heterocycles. The van der Waals surface area contributed by atoms with Crippen LogP contribution in [-0.4, -0.2) is 23.7 Å². The number of esters is 1. The quantitative estimate of drug-likeness (QED) is 0.300. The van der Waals surface area contributed by atoms with Gasteiger partial charge in [-0.3, -0.25) is 4.79 Å². The Kier molecular flexibility index (Phi) is 8.87. The normalized spacial score (nSPS) is 18.6. The first-order valence-electron chi connectivity index (χ1n) is 10.2. The number of aliphatic carboxylic acids is 1. The van der Waals surface area contributed by atoms with E-state index in [1.807, 2.05) is 25.2 Å². The van der Waals surface area contributed by atoms with Gasteiger partial charge in [0.15, 0.2) is 0 Å². The Morgan fingerprint density at radius 2 is 1.83 bits per heavy atom. The third-order valence-electron chi connectivity index (χ3n) is 5.27. The van der Waals surface area contributed by atoms with Gasteiger partial charge in [0.25, 0.3) is 0 Å². The first-order chi connectivity index (χ1) is 13.3. The van der Waals surface area contributed by atoms with Gasteiger partial charge < -0.3 is 9.84 Å². The van der Waals surface area contributed by atoms with Gasteiger partial charge in [0.05, 0.1) is 5.41 Å². The summed E-state index contributed by atoms with van der Waals surface area (Å²) in [4.78, 5) is 22.9. The fourth-order valence-corrected chi connectivity index (χ4v) is 3.22. The molecule has 0 atom stereocenters. The number of hydrogen-bond donors (Lipinski definition) is 1. The Balaban J connectivity index is 2.68. The molecule has 0 fully saturated rings. The molecular weight excluding hydrogens is 364 g/mol. The number of hydrogen-bond acceptors (Lipinski definition) is 3. The molecule has 0 bridgehead atoms. The van der Waals surface area contributed by atoms with Gasteiger partial charge in [-0.1, -0.05) is 55.4 Å². The number of ether oxygens (including phenoxy) is 1. The lowest BCUT2D eigenvalue weighted by Gasteiger charge is -2.32. The van der Waals surface area contributed by atoms with Crippen molar-refractivity contribution in [3.8, 4) is 0 Å². The van der Waals surface area contributed by atoms with Crippen LogP contribution in [0.5, 0.6) is 0 Å². The molecule has 1 rings (SSSR count). The van der Waals surface area contributed by atoms with Crippen molar-refractivity contribution in [1.29, 1.82) is 0 Å². The van der Waals surface area contributed by atoms with Crippen LogP contribution in [0, 0.1) is 10.8 Å². The molecule has 0 heterocycles. The zero-order valence-corrected chi connectivity index (χ0v) is 19.0. The van der Waals surface area contributed by atoms with E-state index in [4.69, 9.17) is 9.84 Å². The first-order valence-corrected chi connectivity index (χ1v) is 10.2. The molecule has 0 radical (unpaired) electrons. The van der Waals surface area contributed by atoms with E-state index in [0.717, 1.165) is 11.1 Å². The van der Waals surface area contributed by atoms with E-state index in [2.05, 4.69) is 32.9 Å². The smallest absolute Gasteiger partial charge is 0.331 e. The number of carboxylic acids is 1. The lowest BCUT2D eigenvalue weighted by Crippen LogP contribution is -2.30. The van der Waals surface area contributed by atoms with Crippen LogP contribution in [0.25, 0.3) is 0 Å². The molecule has 0 unspecified atom stereocenters. The highest BCUT2D eigenvalue weighted by Crippen LogP contribution is 2.40. The topological polar surface area (TPSA) is 63.6 Å². The Hall–Kier alpha value is -2.36. The van der Waals surface area contributed by atoms with Gasteiger partial charge >= 0.3 is 11.9 Å². The maximum absolute atomic E-state index is 11.8. The van der Waals surface area contributed by atoms with Gasteiger partial charge in [-0.05, 0) is 70.4 Å². The van der Waals surface area contributed by atoms with E-state index in [1.165, 1.54) is 50.3 Å². The van der Waals surface area contributed by atoms with Gasteiger partial charge in [0, 0.05) is 6.08 Å². The lowest BCUT2D eigenvalue weighted by molar-refractivity contribution is -0.154. The monoisotopic (exact) mass is 400 g/mol. The third-order valence-corrected chi connectivity index (χ3v) is 5.27. The van der Waals surface area contributed by atoms with E-state index in [-0.39, 0.29) is 12.0 Å². The molecule has 0 spiro atoms. The van der Waals surface area contributed by atoms with Crippen molar-refractivity contribution in [2.24, 2.45) is 10.8 Å². The molecule has 0 saturated carbocycles. The predicted octanol–water partition coefficient (Wildman–Crippen LogP) is 6.17. The SMILES string of the molecule is CC(C=CC1=C(C)CCCC1(C)C)=CC=CC(C)=CC(=O)OCC(C)(C)C(=O)O. The zero-order valence-electron chi connectivity index (χ0n) is 19.0. The van der Waals surface area contributed by atoms with Crippen molar-refractivity contribution < 1.29 is 19.4 Å². The van der Waals surface area contributed by atoms with Crippen LogP contribution < -0.4 is 0 Å². The van der Waals surface area contributed by atoms with Gasteiger partial charge in [-0.15, -0.1) is 0 Å². The van der Waals surface area contributed by atoms with E-state index in [0.29, 0.717) is 0 Å². The maximum Gasteiger partial charge on any atom is 0.331 e. The minimum atomic E-state index is -1.10. The van der Waals surface area contributed by atoms with E-state index >= 15 is 0 Å². The zero-order chi connectivity index (χ0) is 22.2. The van der Waals surface area contributed by atoms with E-state index in [1.54, 1.807) is 6.92 Å². The van der Waals surface area contributed by atoms with Crippen molar-refractivity contribution in [3.05, 3.63) is 58.7 Å². The standard InChI is InChI=1S/C25H36O4/c1-18(13-14-21-20(3)12-9-15-24(21,4)5)10-8-11-19(2)16-22(26)29-17-25(6,7)23(27)28/h8,10-11,13-14,16H,9,12,15,17H2,1-7H3,(H,27,28). The summed E-state index contributed by atoms with van der Waals surface area (Å²) in [6.07, 6.45) is 15.1. The number of carboxylic acid groups (broad SMARTS) is 1. The van der Waals surface area contributed by atoms with Crippen LogP contribution in [-0.2, 0) is 14.3 Å². The lowest BCUT2D eigenvalue weighted by atomic mass is 9.72. The van der Waals surface area contributed by atoms with Crippen molar-refractivity contribution in [2.45, 2.75) is 67.7 Å². The molecule has 1 N–H and O–H groups in total. The molecule has 0 aromatic rings. The molecule has 160 valence electrons. The van der Waals surface area contributed by atoms with Crippen molar-refractivity contribution in [1.82, 2.24) is 0 Å². The number of carbonyl (C=O) groups is 2. The van der Waals surface area contributed by atoms with Gasteiger partial charge in [0.2, 0.25) is 0 Å². The van der Waals surface area contributed by atoms with Crippen LogP contribution in [0.2, 0.25) is 0 Å². The average Bonchev–Trinajstić information content (AvgIpc) is 2.59. The molecule has 4 heteroatoms. The average molecular weight is 401 g/mol. The van der Waals surface area contributed by atoms with E-state index < -0.39 is 17.4 Å². The van der Waals surface area contributed by atoms with Crippen LogP contribution in [0.1, 0.15) is 67.7 Å². The molecule has 0 saturated heterocycles. The summed E-state index contributed by atoms with van der Waals surface area (Å²) in [5.41, 5.74) is 3.90. The van der Waals surface area contributed by atoms with Crippen molar-refractivity contribution >= 4 is 11.9 Å². The summed E-state index contributed by atoms with van der Waals surface area (Å²) in [5, 5.41) is 9.04. The third kappa shape index (κ3) is 8.26. The molecule has 1 aliphatic carbocycles. The molecule has 4 nitrogen and oxygen atoms in total. The minimum absolute atomic E-state index is 0.163. The minimum Gasteiger partial charge on any atom is -0.481 e. The summed E-state index contributed by atoms with van der Waals surface area (Å²) in [6, 6.07) is 0. The second kappa shape index (κ2) is 10.4. The molecule has 0 aromatic carbocycles. The summed E-state index contributed by atoms with van der Waals surface area (Å²) in [6.45, 7) is 13.6. The Labute approximate surface area is 175 Å². The summed E-state index contributed by atoms with van der Waals surface area (Å²) in [7, 11) is 0. The maximum atomic E-state index is 11.8. The second-order valence-corrected chi connectivity index (χ2v) is 9.22. The van der Waals surface area contributed by atoms with Crippen LogP contribution in [0.15, 0.2) is 58.7 Å². The second-order valence-electron chi connectivity index (χ2n) is 9.22. The number of carbonyl (C=O) groups excluding carboxylic acids is 1. The summed E-state index contributed by atoms with van der Waals surface area (Å²) in [5.74, 6) is -1.54. The molecule has 0 aromatic heterocycles. The fourth-order valence-electron chi connectivity index (χ4n) is 3.22. The van der Waals surface area contributed by atoms with Crippen LogP contribution in [0.4, 0.5) is 0 Å². The van der Waals surface area contributed by atoms with Crippen LogP contribution in [0.3, 0.4) is 0 Å². The predicted molar refractivity (Wildman–Crippen MR) is 119 cm³/mol. The fraction of sp³-hybridized carbons (Fsp3) is 0.520. The van der Waals surface area contributed by atoms with Gasteiger partial charge in [-0.25, -0.2) is 4.79 Å². The molecule has 29 heavy (non-hydrogen) atoms. The van der Waals surface area contributed by atoms with Gasteiger partial charge in [0.1, 0.15) is 6.61 Å². The Bertz CT molecular complexity index is 771. The highest BCUT2D eigenvalue weighted by molar-refractivity contribution is 5.83. The number of allylic oxidation sites excluding steroid dienone is 9. The van der Waals surface area contributed by atoms with Gasteiger partial charge in [-0.2, -0.15) is 0 Å². The van der Waals surface area contributed by atoms with Crippen molar-refractivity contribution in [2.75, 3.05) is 6.61 Å². The molecule has 0 amide bonds. The Morgan fingerprint density at radius 1 is 1.17 bits per heavy atom. The highest BCUT2D eigenvalue weighted by atomic mass is 16.5. The largest absolute Gasteiger partial charge is 0.481 e. The highest BCUT2D eigenvalue weighted by Gasteiger charge is 2.28. The van der Waals surface area contributed by atoms with E-state index in [9.17, 15) is 9.59 Å². The Morgan fingerprint density at radius 3 is 2.41 bits per heavy atom. The summed E-state index contributed by atoms with van der Waals surface area (Å²) >= 11 is 0. The molecular formula is C25H36O4.